The van der Waals surface area contributed by atoms with E-state index in [1.807, 2.05) is 20.8 Å². The summed E-state index contributed by atoms with van der Waals surface area (Å²) in [6.07, 6.45) is 0. The minimum Gasteiger partial charge on any atom is -0.497 e. The van der Waals surface area contributed by atoms with Gasteiger partial charge in [-0.3, -0.25) is 13.9 Å². The van der Waals surface area contributed by atoms with Crippen LogP contribution in [0.2, 0.25) is 0 Å². The second-order valence-electron chi connectivity index (χ2n) is 10.4. The lowest BCUT2D eigenvalue weighted by atomic mass is 10.1. The van der Waals surface area contributed by atoms with Crippen LogP contribution in [0.25, 0.3) is 0 Å². The van der Waals surface area contributed by atoms with E-state index in [2.05, 4.69) is 5.32 Å². The van der Waals surface area contributed by atoms with Crippen LogP contribution < -0.4 is 19.1 Å². The number of rotatable bonds is 11. The number of methoxy groups -OCH3 is 2. The van der Waals surface area contributed by atoms with Gasteiger partial charge >= 0.3 is 0 Å². The smallest absolute Gasteiger partial charge is 0.264 e. The molecule has 0 spiro atoms. The van der Waals surface area contributed by atoms with Crippen molar-refractivity contribution in [1.82, 2.24) is 10.2 Å². The number of hydrogen-bond acceptors (Lipinski definition) is 6. The lowest BCUT2D eigenvalue weighted by Crippen LogP contribution is -2.54. The van der Waals surface area contributed by atoms with E-state index in [-0.39, 0.29) is 22.9 Å². The fourth-order valence-corrected chi connectivity index (χ4v) is 5.51. The third kappa shape index (κ3) is 7.97. The molecule has 3 aromatic rings. The van der Waals surface area contributed by atoms with Crippen LogP contribution in [0.5, 0.6) is 11.5 Å². The fraction of sp³-hybridized carbons (Fsp3) is 0.333. The molecule has 0 aliphatic heterocycles. The van der Waals surface area contributed by atoms with Gasteiger partial charge in [-0.15, -0.1) is 0 Å². The number of anilines is 1. The van der Waals surface area contributed by atoms with Gasteiger partial charge < -0.3 is 19.7 Å². The molecule has 0 saturated carbocycles. The summed E-state index contributed by atoms with van der Waals surface area (Å²) in [7, 11) is -1.47. The fourth-order valence-electron chi connectivity index (χ4n) is 4.07. The van der Waals surface area contributed by atoms with Crippen LogP contribution in [-0.4, -0.2) is 57.5 Å². The molecular formula is C30H36FN3O6S. The molecule has 0 unspecified atom stereocenters. The van der Waals surface area contributed by atoms with Crippen molar-refractivity contribution in [3.63, 3.8) is 0 Å². The second kappa shape index (κ2) is 13.0. The number of carbonyl (C=O) groups excluding carboxylic acids is 2. The third-order valence-electron chi connectivity index (χ3n) is 6.20. The zero-order valence-corrected chi connectivity index (χ0v) is 24.9. The minimum atomic E-state index is -4.29. The predicted octanol–water partition coefficient (Wildman–Crippen LogP) is 4.37. The maximum absolute atomic E-state index is 14.0. The Labute approximate surface area is 240 Å². The highest BCUT2D eigenvalue weighted by Crippen LogP contribution is 2.36. The normalized spacial score (nSPS) is 12.3. The summed E-state index contributed by atoms with van der Waals surface area (Å²) in [5.74, 6) is -0.987. The first-order valence-corrected chi connectivity index (χ1v) is 14.4. The van der Waals surface area contributed by atoms with Crippen LogP contribution >= 0.6 is 0 Å². The summed E-state index contributed by atoms with van der Waals surface area (Å²) < 4.78 is 53.3. The van der Waals surface area contributed by atoms with Gasteiger partial charge in [0.15, 0.2) is 0 Å². The molecule has 0 radical (unpaired) electrons. The molecule has 0 aliphatic rings. The van der Waals surface area contributed by atoms with Crippen LogP contribution in [-0.2, 0) is 26.2 Å². The van der Waals surface area contributed by atoms with Crippen LogP contribution in [0, 0.1) is 5.82 Å². The van der Waals surface area contributed by atoms with Crippen molar-refractivity contribution in [2.45, 2.75) is 50.7 Å². The molecule has 2 amide bonds. The molecule has 0 fully saturated rings. The number of hydrogen-bond donors (Lipinski definition) is 1. The summed E-state index contributed by atoms with van der Waals surface area (Å²) in [4.78, 5) is 28.4. The molecule has 41 heavy (non-hydrogen) atoms. The monoisotopic (exact) mass is 585 g/mol. The average molecular weight is 586 g/mol. The summed E-state index contributed by atoms with van der Waals surface area (Å²) in [6, 6.07) is 16.8. The highest BCUT2D eigenvalue weighted by molar-refractivity contribution is 7.92. The van der Waals surface area contributed by atoms with Crippen LogP contribution in [0.3, 0.4) is 0 Å². The first-order chi connectivity index (χ1) is 19.3. The molecule has 0 aromatic heterocycles. The Morgan fingerprint density at radius 3 is 2.15 bits per heavy atom. The lowest BCUT2D eigenvalue weighted by Gasteiger charge is -2.33. The van der Waals surface area contributed by atoms with E-state index < -0.39 is 45.8 Å². The third-order valence-corrected chi connectivity index (χ3v) is 7.97. The van der Waals surface area contributed by atoms with Crippen molar-refractivity contribution in [1.29, 1.82) is 0 Å². The minimum absolute atomic E-state index is 0.0405. The number of halogens is 1. The summed E-state index contributed by atoms with van der Waals surface area (Å²) >= 11 is 0. The maximum Gasteiger partial charge on any atom is 0.264 e. The molecule has 220 valence electrons. The Bertz CT molecular complexity index is 1460. The van der Waals surface area contributed by atoms with Gasteiger partial charge in [0.05, 0.1) is 24.8 Å². The van der Waals surface area contributed by atoms with E-state index in [1.54, 1.807) is 37.3 Å². The molecule has 3 rings (SSSR count). The topological polar surface area (TPSA) is 105 Å². The lowest BCUT2D eigenvalue weighted by molar-refractivity contribution is -0.140. The molecule has 9 nitrogen and oxygen atoms in total. The molecule has 1 N–H and O–H groups in total. The number of benzene rings is 3. The van der Waals surface area contributed by atoms with E-state index in [9.17, 15) is 22.4 Å². The van der Waals surface area contributed by atoms with Gasteiger partial charge in [-0.25, -0.2) is 12.8 Å². The first kappa shape index (κ1) is 31.4. The van der Waals surface area contributed by atoms with Gasteiger partial charge in [-0.1, -0.05) is 30.3 Å². The molecule has 0 bridgehead atoms. The number of nitrogens with one attached hydrogen (secondary N) is 1. The van der Waals surface area contributed by atoms with Crippen molar-refractivity contribution in [2.24, 2.45) is 0 Å². The molecule has 1 atom stereocenters. The van der Waals surface area contributed by atoms with E-state index in [1.165, 1.54) is 61.6 Å². The highest BCUT2D eigenvalue weighted by atomic mass is 32.2. The largest absolute Gasteiger partial charge is 0.497 e. The van der Waals surface area contributed by atoms with Crippen molar-refractivity contribution in [2.75, 3.05) is 25.1 Å². The number of ether oxygens (including phenoxy) is 2. The van der Waals surface area contributed by atoms with Gasteiger partial charge in [0, 0.05) is 18.2 Å². The van der Waals surface area contributed by atoms with E-state index in [0.29, 0.717) is 11.3 Å². The molecule has 0 aliphatic carbocycles. The van der Waals surface area contributed by atoms with Crippen molar-refractivity contribution in [3.05, 3.63) is 84.2 Å². The Hall–Kier alpha value is -4.12. The van der Waals surface area contributed by atoms with Gasteiger partial charge in [0.25, 0.3) is 10.0 Å². The average Bonchev–Trinajstić information content (AvgIpc) is 2.94. The van der Waals surface area contributed by atoms with Gasteiger partial charge in [-0.2, -0.15) is 0 Å². The van der Waals surface area contributed by atoms with Crippen molar-refractivity contribution in [3.8, 4) is 11.5 Å². The Morgan fingerprint density at radius 1 is 0.951 bits per heavy atom. The van der Waals surface area contributed by atoms with Crippen LogP contribution in [0.15, 0.2) is 77.7 Å². The number of nitrogens with zero attached hydrogens (tertiary/aromatic N) is 2. The summed E-state index contributed by atoms with van der Waals surface area (Å²) in [5, 5.41) is 2.86. The molecule has 3 aromatic carbocycles. The quantitative estimate of drug-likeness (QED) is 0.358. The first-order valence-electron chi connectivity index (χ1n) is 12.9. The van der Waals surface area contributed by atoms with Gasteiger partial charge in [-0.05, 0) is 69.7 Å². The van der Waals surface area contributed by atoms with Crippen LogP contribution in [0.1, 0.15) is 33.3 Å². The Kier molecular flexibility index (Phi) is 9.98. The molecule has 0 heterocycles. The van der Waals surface area contributed by atoms with E-state index in [4.69, 9.17) is 9.47 Å². The standard InChI is InChI=1S/C30H36FN3O6S/c1-21(29(36)32-30(2,3)4)33(19-22-12-14-23(31)15-13-22)28(35)20-34(41(37,38)25-10-8-7-9-11-25)26-18-24(39-5)16-17-27(26)40-6/h7-18,21H,19-20H2,1-6H3,(H,32,36)/t21-/m0/s1. The van der Waals surface area contributed by atoms with E-state index in [0.717, 1.165) is 4.31 Å². The van der Waals surface area contributed by atoms with Crippen molar-refractivity contribution >= 4 is 27.5 Å². The molecule has 11 heteroatoms. The van der Waals surface area contributed by atoms with E-state index >= 15 is 0 Å². The van der Waals surface area contributed by atoms with Crippen molar-refractivity contribution < 1.29 is 31.9 Å². The number of sulfonamides is 1. The zero-order chi connectivity index (χ0) is 30.4. The van der Waals surface area contributed by atoms with Gasteiger partial charge in [0.1, 0.15) is 29.9 Å². The summed E-state index contributed by atoms with van der Waals surface area (Å²) in [5.41, 5.74) is 0.0659. The zero-order valence-electron chi connectivity index (χ0n) is 24.0. The Morgan fingerprint density at radius 2 is 1.59 bits per heavy atom. The predicted molar refractivity (Wildman–Crippen MR) is 155 cm³/mol. The maximum atomic E-state index is 14.0. The number of carbonyl (C=O) groups is 2. The van der Waals surface area contributed by atoms with Gasteiger partial charge in [0.2, 0.25) is 11.8 Å². The Balaban J connectivity index is 2.11. The molecular weight excluding hydrogens is 549 g/mol. The second-order valence-corrected chi connectivity index (χ2v) is 12.3. The van der Waals surface area contributed by atoms with Crippen LogP contribution in [0.4, 0.5) is 10.1 Å². The SMILES string of the molecule is COc1ccc(OC)c(N(CC(=O)N(Cc2ccc(F)cc2)[C@@H](C)C(=O)NC(C)(C)C)S(=O)(=O)c2ccccc2)c1. The molecule has 0 saturated heterocycles. The summed E-state index contributed by atoms with van der Waals surface area (Å²) in [6.45, 7) is 6.28. The highest BCUT2D eigenvalue weighted by Gasteiger charge is 2.34. The number of amides is 2.